The summed E-state index contributed by atoms with van der Waals surface area (Å²) in [6.45, 7) is 3.03. The van der Waals surface area contributed by atoms with Crippen LogP contribution in [0.15, 0.2) is 30.3 Å². The fraction of sp³-hybridized carbons (Fsp3) is 0.471. The van der Waals surface area contributed by atoms with Crippen molar-refractivity contribution < 1.29 is 29.3 Å². The van der Waals surface area contributed by atoms with Crippen molar-refractivity contribution in [1.29, 1.82) is 0 Å². The lowest BCUT2D eigenvalue weighted by atomic mass is 10.0. The van der Waals surface area contributed by atoms with Gasteiger partial charge in [-0.05, 0) is 17.9 Å². The number of hydrogen-bond acceptors (Lipinski definition) is 5. The molecule has 25 heavy (non-hydrogen) atoms. The first-order chi connectivity index (χ1) is 11.8. The van der Waals surface area contributed by atoms with Crippen LogP contribution >= 0.6 is 0 Å². The van der Waals surface area contributed by atoms with Crippen LogP contribution in [-0.4, -0.2) is 46.9 Å². The Morgan fingerprint density at radius 3 is 2.24 bits per heavy atom. The standard InChI is InChI=1S/C17H24N2O6/c1-11(2)8-13(15(21)18-14(9-20)16(22)23)19-17(24)25-10-12-6-4-3-5-7-12/h3-7,11,13-14,20H,8-10H2,1-2H3,(H,18,21)(H,19,24)(H,22,23)/t13-,14-/m0/s1. The van der Waals surface area contributed by atoms with Gasteiger partial charge < -0.3 is 25.6 Å². The van der Waals surface area contributed by atoms with Crippen molar-refractivity contribution in [2.45, 2.75) is 39.0 Å². The summed E-state index contributed by atoms with van der Waals surface area (Å²) in [5, 5.41) is 22.5. The van der Waals surface area contributed by atoms with Crippen LogP contribution in [-0.2, 0) is 20.9 Å². The molecule has 0 aromatic heterocycles. The van der Waals surface area contributed by atoms with E-state index in [0.717, 1.165) is 5.56 Å². The van der Waals surface area contributed by atoms with Crippen molar-refractivity contribution in [3.8, 4) is 0 Å². The van der Waals surface area contributed by atoms with Crippen LogP contribution in [0.25, 0.3) is 0 Å². The molecule has 0 aliphatic carbocycles. The van der Waals surface area contributed by atoms with Gasteiger partial charge in [0.2, 0.25) is 5.91 Å². The van der Waals surface area contributed by atoms with Crippen LogP contribution in [0, 0.1) is 5.92 Å². The van der Waals surface area contributed by atoms with E-state index in [0.29, 0.717) is 6.42 Å². The molecule has 0 heterocycles. The number of hydrogen-bond donors (Lipinski definition) is 4. The van der Waals surface area contributed by atoms with Gasteiger partial charge in [-0.25, -0.2) is 9.59 Å². The second-order valence-electron chi connectivity index (χ2n) is 5.97. The molecule has 0 saturated heterocycles. The molecule has 0 aliphatic rings. The quantitative estimate of drug-likeness (QED) is 0.523. The zero-order valence-electron chi connectivity index (χ0n) is 14.3. The normalized spacial score (nSPS) is 13.0. The summed E-state index contributed by atoms with van der Waals surface area (Å²) in [6, 6.07) is 6.67. The largest absolute Gasteiger partial charge is 0.480 e. The monoisotopic (exact) mass is 352 g/mol. The Morgan fingerprint density at radius 2 is 1.72 bits per heavy atom. The zero-order chi connectivity index (χ0) is 18.8. The van der Waals surface area contributed by atoms with Gasteiger partial charge in [0.05, 0.1) is 6.61 Å². The predicted octanol–water partition coefficient (Wildman–Crippen LogP) is 0.889. The van der Waals surface area contributed by atoms with Crippen molar-refractivity contribution in [1.82, 2.24) is 10.6 Å². The molecule has 2 atom stereocenters. The molecule has 1 aromatic rings. The van der Waals surface area contributed by atoms with E-state index in [1.165, 1.54) is 0 Å². The number of alkyl carbamates (subject to hydrolysis) is 1. The first-order valence-corrected chi connectivity index (χ1v) is 7.94. The second kappa shape index (κ2) is 10.3. The number of carboxylic acids is 1. The van der Waals surface area contributed by atoms with Crippen molar-refractivity contribution in [3.05, 3.63) is 35.9 Å². The van der Waals surface area contributed by atoms with Gasteiger partial charge in [0.15, 0.2) is 0 Å². The number of benzene rings is 1. The van der Waals surface area contributed by atoms with Crippen LogP contribution in [0.3, 0.4) is 0 Å². The van der Waals surface area contributed by atoms with Gasteiger partial charge in [-0.1, -0.05) is 44.2 Å². The third kappa shape index (κ3) is 7.67. The van der Waals surface area contributed by atoms with Gasteiger partial charge in [-0.15, -0.1) is 0 Å². The number of aliphatic hydroxyl groups is 1. The third-order valence-electron chi connectivity index (χ3n) is 3.33. The van der Waals surface area contributed by atoms with Gasteiger partial charge in [0.25, 0.3) is 0 Å². The minimum Gasteiger partial charge on any atom is -0.480 e. The average Bonchev–Trinajstić information content (AvgIpc) is 2.57. The number of amides is 2. The fourth-order valence-corrected chi connectivity index (χ4v) is 2.07. The molecule has 8 heteroatoms. The van der Waals surface area contributed by atoms with Crippen molar-refractivity contribution >= 4 is 18.0 Å². The highest BCUT2D eigenvalue weighted by Crippen LogP contribution is 2.07. The maximum absolute atomic E-state index is 12.2. The molecule has 1 rings (SSSR count). The molecule has 0 unspecified atom stereocenters. The third-order valence-corrected chi connectivity index (χ3v) is 3.33. The zero-order valence-corrected chi connectivity index (χ0v) is 14.3. The predicted molar refractivity (Wildman–Crippen MR) is 89.7 cm³/mol. The molecule has 0 aliphatic heterocycles. The highest BCUT2D eigenvalue weighted by atomic mass is 16.5. The molecule has 0 radical (unpaired) electrons. The highest BCUT2D eigenvalue weighted by molar-refractivity contribution is 5.89. The Bertz CT molecular complexity index is 576. The number of nitrogens with one attached hydrogen (secondary N) is 2. The van der Waals surface area contributed by atoms with Gasteiger partial charge in [0, 0.05) is 0 Å². The van der Waals surface area contributed by atoms with E-state index in [-0.39, 0.29) is 12.5 Å². The molecular formula is C17H24N2O6. The van der Waals surface area contributed by atoms with E-state index < -0.39 is 36.7 Å². The molecule has 0 spiro atoms. The lowest BCUT2D eigenvalue weighted by Gasteiger charge is -2.21. The molecule has 1 aromatic carbocycles. The van der Waals surface area contributed by atoms with Crippen molar-refractivity contribution in [2.75, 3.05) is 6.61 Å². The maximum atomic E-state index is 12.2. The van der Waals surface area contributed by atoms with E-state index in [2.05, 4.69) is 10.6 Å². The van der Waals surface area contributed by atoms with Crippen molar-refractivity contribution in [2.24, 2.45) is 5.92 Å². The Balaban J connectivity index is 2.63. The summed E-state index contributed by atoms with van der Waals surface area (Å²) in [5.41, 5.74) is 0.800. The van der Waals surface area contributed by atoms with Gasteiger partial charge >= 0.3 is 12.1 Å². The molecule has 0 fully saturated rings. The van der Waals surface area contributed by atoms with E-state index in [9.17, 15) is 14.4 Å². The summed E-state index contributed by atoms with van der Waals surface area (Å²) in [5.74, 6) is -1.97. The first kappa shape index (κ1) is 20.4. The van der Waals surface area contributed by atoms with E-state index >= 15 is 0 Å². The number of rotatable bonds is 9. The van der Waals surface area contributed by atoms with Crippen LogP contribution in [0.1, 0.15) is 25.8 Å². The summed E-state index contributed by atoms with van der Waals surface area (Å²) in [7, 11) is 0. The Hall–Kier alpha value is -2.61. The number of carbonyl (C=O) groups is 3. The van der Waals surface area contributed by atoms with Gasteiger partial charge in [0.1, 0.15) is 18.7 Å². The van der Waals surface area contributed by atoms with Crippen LogP contribution < -0.4 is 10.6 Å². The topological polar surface area (TPSA) is 125 Å². The minimum atomic E-state index is -1.43. The van der Waals surface area contributed by atoms with Crippen LogP contribution in [0.4, 0.5) is 4.79 Å². The Kier molecular flexibility index (Phi) is 8.42. The van der Waals surface area contributed by atoms with Crippen LogP contribution in [0.5, 0.6) is 0 Å². The number of carbonyl (C=O) groups excluding carboxylic acids is 2. The van der Waals surface area contributed by atoms with Gasteiger partial charge in [-0.2, -0.15) is 0 Å². The average molecular weight is 352 g/mol. The number of aliphatic hydroxyl groups excluding tert-OH is 1. The van der Waals surface area contributed by atoms with E-state index in [1.54, 1.807) is 12.1 Å². The first-order valence-electron chi connectivity index (χ1n) is 7.94. The molecule has 138 valence electrons. The number of carboxylic acid groups (broad SMARTS) is 1. The summed E-state index contributed by atoms with van der Waals surface area (Å²) < 4.78 is 5.07. The van der Waals surface area contributed by atoms with Crippen LogP contribution in [0.2, 0.25) is 0 Å². The number of aliphatic carboxylic acids is 1. The minimum absolute atomic E-state index is 0.0527. The highest BCUT2D eigenvalue weighted by Gasteiger charge is 2.27. The molecule has 8 nitrogen and oxygen atoms in total. The summed E-state index contributed by atoms with van der Waals surface area (Å²) >= 11 is 0. The lowest BCUT2D eigenvalue weighted by Crippen LogP contribution is -2.53. The van der Waals surface area contributed by atoms with Gasteiger partial charge in [-0.3, -0.25) is 4.79 Å². The molecule has 4 N–H and O–H groups in total. The fourth-order valence-electron chi connectivity index (χ4n) is 2.07. The van der Waals surface area contributed by atoms with E-state index in [1.807, 2.05) is 32.0 Å². The molecule has 0 bridgehead atoms. The number of ether oxygens (including phenoxy) is 1. The SMILES string of the molecule is CC(C)C[C@H](NC(=O)OCc1ccccc1)C(=O)N[C@@H](CO)C(=O)O. The Labute approximate surface area is 146 Å². The second-order valence-corrected chi connectivity index (χ2v) is 5.97. The van der Waals surface area contributed by atoms with E-state index in [4.69, 9.17) is 14.9 Å². The lowest BCUT2D eigenvalue weighted by molar-refractivity contribution is -0.143. The Morgan fingerprint density at radius 1 is 1.08 bits per heavy atom. The maximum Gasteiger partial charge on any atom is 0.408 e. The summed E-state index contributed by atoms with van der Waals surface area (Å²) in [6.07, 6.45) is -0.482. The summed E-state index contributed by atoms with van der Waals surface area (Å²) in [4.78, 5) is 35.0. The molecular weight excluding hydrogens is 328 g/mol. The van der Waals surface area contributed by atoms with Crippen molar-refractivity contribution in [3.63, 3.8) is 0 Å². The molecule has 2 amide bonds. The smallest absolute Gasteiger partial charge is 0.408 e. The molecule has 0 saturated carbocycles.